The Morgan fingerprint density at radius 1 is 1.28 bits per heavy atom. The van der Waals surface area contributed by atoms with E-state index >= 15 is 0 Å². The lowest BCUT2D eigenvalue weighted by molar-refractivity contribution is -0.159. The van der Waals surface area contributed by atoms with Crippen molar-refractivity contribution >= 4 is 33.8 Å². The summed E-state index contributed by atoms with van der Waals surface area (Å²) in [7, 11) is -4.02. The Bertz CT molecular complexity index is 791. The Hall–Kier alpha value is -1.62. The highest BCUT2D eigenvalue weighted by molar-refractivity contribution is 8.01. The molecular weight excluding hydrogens is 368 g/mol. The number of aliphatic carboxylic acids is 1. The number of hydrogen-bond donors (Lipinski definition) is 3. The highest BCUT2D eigenvalue weighted by Gasteiger charge is 2.62. The van der Waals surface area contributed by atoms with Crippen LogP contribution in [0.3, 0.4) is 0 Å². The number of rotatable bonds is 2. The molecule has 0 aromatic heterocycles. The molecule has 2 aliphatic rings. The number of hydrogen-bond acceptors (Lipinski definition) is 6. The molecular formula is C15H20N2O6S2. The molecule has 2 heterocycles. The van der Waals surface area contributed by atoms with E-state index in [1.165, 1.54) is 28.8 Å². The second-order valence-electron chi connectivity index (χ2n) is 6.41. The zero-order valence-electron chi connectivity index (χ0n) is 13.9. The highest BCUT2D eigenvalue weighted by Crippen LogP contribution is 2.50. The van der Waals surface area contributed by atoms with Crippen LogP contribution in [-0.4, -0.2) is 57.1 Å². The van der Waals surface area contributed by atoms with Crippen LogP contribution in [0.4, 0.5) is 0 Å². The maximum Gasteiger partial charge on any atom is 0.327 e. The first-order valence-electron chi connectivity index (χ1n) is 7.39. The van der Waals surface area contributed by atoms with E-state index in [1.54, 1.807) is 12.1 Å². The number of thioether (sulfide) groups is 1. The molecule has 2 saturated heterocycles. The zero-order chi connectivity index (χ0) is 19.2. The summed E-state index contributed by atoms with van der Waals surface area (Å²) in [6.45, 7) is 5.50. The SMILES string of the molecule is CC1(C)S[C@H]2C(N)C(=O)N2C1C(=O)O.Cc1ccc(S(=O)(=O)O)cc1. The standard InChI is InChI=1S/C8H12N2O3S.C7H8O3S/c1-8(2)4(7(12)13)10-5(11)3(9)6(10)14-8;1-6-2-4-7(5-3-6)11(8,9)10/h3-4,6H,9H2,1-2H3,(H,12,13);2-5H,1H3,(H,8,9,10)/t3?,4?,6-;/m0./s1. The monoisotopic (exact) mass is 388 g/mol. The smallest absolute Gasteiger partial charge is 0.327 e. The van der Waals surface area contributed by atoms with E-state index in [2.05, 4.69) is 0 Å². The number of carboxylic acid groups (broad SMARTS) is 1. The van der Waals surface area contributed by atoms with E-state index in [4.69, 9.17) is 15.4 Å². The van der Waals surface area contributed by atoms with Gasteiger partial charge in [-0.3, -0.25) is 9.35 Å². The van der Waals surface area contributed by atoms with Crippen molar-refractivity contribution in [2.75, 3.05) is 0 Å². The number of carbonyl (C=O) groups excluding carboxylic acids is 1. The third kappa shape index (κ3) is 3.81. The van der Waals surface area contributed by atoms with E-state index in [9.17, 15) is 18.0 Å². The van der Waals surface area contributed by atoms with E-state index in [0.717, 1.165) is 5.56 Å². The van der Waals surface area contributed by atoms with Crippen LogP contribution in [0.5, 0.6) is 0 Å². The van der Waals surface area contributed by atoms with Crippen LogP contribution in [0.2, 0.25) is 0 Å². The van der Waals surface area contributed by atoms with Gasteiger partial charge in [0.15, 0.2) is 0 Å². The largest absolute Gasteiger partial charge is 0.480 e. The minimum Gasteiger partial charge on any atom is -0.480 e. The molecule has 0 spiro atoms. The van der Waals surface area contributed by atoms with Crippen molar-refractivity contribution in [3.05, 3.63) is 29.8 Å². The molecule has 4 N–H and O–H groups in total. The molecule has 1 amide bonds. The van der Waals surface area contributed by atoms with Gasteiger partial charge in [-0.25, -0.2) is 4.79 Å². The summed E-state index contributed by atoms with van der Waals surface area (Å²) in [5, 5.41) is 8.87. The molecule has 0 radical (unpaired) electrons. The molecule has 25 heavy (non-hydrogen) atoms. The van der Waals surface area contributed by atoms with Gasteiger partial charge >= 0.3 is 5.97 Å². The molecule has 2 aliphatic heterocycles. The average Bonchev–Trinajstić information content (AvgIpc) is 2.76. The van der Waals surface area contributed by atoms with Crippen LogP contribution < -0.4 is 5.73 Å². The molecule has 10 heteroatoms. The van der Waals surface area contributed by atoms with Gasteiger partial charge in [0.05, 0.1) is 4.90 Å². The molecule has 2 fully saturated rings. The number of β-lactam (4-membered cyclic amide) rings is 1. The Morgan fingerprint density at radius 3 is 2.24 bits per heavy atom. The van der Waals surface area contributed by atoms with Crippen LogP contribution in [0.1, 0.15) is 19.4 Å². The van der Waals surface area contributed by atoms with Gasteiger partial charge in [0, 0.05) is 4.75 Å². The third-order valence-corrected chi connectivity index (χ3v) is 6.50. The van der Waals surface area contributed by atoms with Crippen molar-refractivity contribution in [2.24, 2.45) is 5.73 Å². The number of fused-ring (bicyclic) bond motifs is 1. The number of nitrogens with zero attached hydrogens (tertiary/aromatic N) is 1. The topological polar surface area (TPSA) is 138 Å². The molecule has 1 aromatic carbocycles. The molecule has 8 nitrogen and oxygen atoms in total. The Morgan fingerprint density at radius 2 is 1.80 bits per heavy atom. The molecule has 3 atom stereocenters. The minimum atomic E-state index is -4.02. The van der Waals surface area contributed by atoms with Gasteiger partial charge in [-0.15, -0.1) is 11.8 Å². The maximum absolute atomic E-state index is 11.4. The molecule has 138 valence electrons. The fourth-order valence-electron chi connectivity index (χ4n) is 2.75. The van der Waals surface area contributed by atoms with Crippen LogP contribution in [0.25, 0.3) is 0 Å². The van der Waals surface area contributed by atoms with E-state index < -0.39 is 32.9 Å². The maximum atomic E-state index is 11.4. The summed E-state index contributed by atoms with van der Waals surface area (Å²) in [5.41, 5.74) is 6.54. The molecule has 3 rings (SSSR count). The van der Waals surface area contributed by atoms with Gasteiger partial charge in [0.1, 0.15) is 17.5 Å². The summed E-state index contributed by atoms with van der Waals surface area (Å²) >= 11 is 1.47. The van der Waals surface area contributed by atoms with Crippen LogP contribution in [0, 0.1) is 6.92 Å². The summed E-state index contributed by atoms with van der Waals surface area (Å²) < 4.78 is 29.1. The van der Waals surface area contributed by atoms with Gasteiger partial charge in [0.25, 0.3) is 10.1 Å². The second-order valence-corrected chi connectivity index (χ2v) is 9.60. The van der Waals surface area contributed by atoms with E-state index in [1.807, 2.05) is 20.8 Å². The number of benzene rings is 1. The molecule has 2 unspecified atom stereocenters. The number of nitrogens with two attached hydrogens (primary N) is 1. The van der Waals surface area contributed by atoms with Gasteiger partial charge < -0.3 is 15.7 Å². The lowest BCUT2D eigenvalue weighted by Gasteiger charge is -2.41. The summed E-state index contributed by atoms with van der Waals surface area (Å²) in [4.78, 5) is 23.7. The molecule has 1 aromatic rings. The summed E-state index contributed by atoms with van der Waals surface area (Å²) in [5.74, 6) is -1.20. The van der Waals surface area contributed by atoms with Crippen molar-refractivity contribution in [2.45, 2.75) is 47.9 Å². The van der Waals surface area contributed by atoms with Gasteiger partial charge in [-0.2, -0.15) is 8.42 Å². The van der Waals surface area contributed by atoms with E-state index in [0.29, 0.717) is 0 Å². The zero-order valence-corrected chi connectivity index (χ0v) is 15.5. The van der Waals surface area contributed by atoms with Gasteiger partial charge in [-0.1, -0.05) is 17.7 Å². The summed E-state index contributed by atoms with van der Waals surface area (Å²) in [6, 6.07) is 4.72. The van der Waals surface area contributed by atoms with Crippen LogP contribution in [0.15, 0.2) is 29.2 Å². The Kier molecular flexibility index (Phi) is 5.20. The number of carboxylic acids is 1. The average molecular weight is 388 g/mol. The first kappa shape index (κ1) is 19.7. The summed E-state index contributed by atoms with van der Waals surface area (Å²) in [6.07, 6.45) is 0. The van der Waals surface area contributed by atoms with Crippen LogP contribution >= 0.6 is 11.8 Å². The third-order valence-electron chi connectivity index (χ3n) is 4.03. The fourth-order valence-corrected chi connectivity index (χ4v) is 4.80. The predicted octanol–water partition coefficient (Wildman–Crippen LogP) is 0.702. The normalized spacial score (nSPS) is 27.0. The first-order chi connectivity index (χ1) is 11.4. The first-order valence-corrected chi connectivity index (χ1v) is 9.71. The van der Waals surface area contributed by atoms with Crippen molar-refractivity contribution in [3.8, 4) is 0 Å². The molecule has 0 saturated carbocycles. The second kappa shape index (κ2) is 6.60. The van der Waals surface area contributed by atoms with Crippen molar-refractivity contribution in [1.29, 1.82) is 0 Å². The van der Waals surface area contributed by atoms with E-state index in [-0.39, 0.29) is 16.2 Å². The number of carbonyl (C=O) groups is 2. The van der Waals surface area contributed by atoms with Crippen molar-refractivity contribution < 1.29 is 27.7 Å². The number of amides is 1. The fraction of sp³-hybridized carbons (Fsp3) is 0.467. The number of aryl methyl sites for hydroxylation is 1. The highest BCUT2D eigenvalue weighted by atomic mass is 32.2. The molecule has 0 aliphatic carbocycles. The predicted molar refractivity (Wildman–Crippen MR) is 92.7 cm³/mol. The lowest BCUT2D eigenvalue weighted by atomic mass is 9.96. The quantitative estimate of drug-likeness (QED) is 0.497. The van der Waals surface area contributed by atoms with Crippen molar-refractivity contribution in [3.63, 3.8) is 0 Å². The Balaban J connectivity index is 0.000000186. The minimum absolute atomic E-state index is 0.0666. The Labute approximate surface area is 150 Å². The van der Waals surface area contributed by atoms with Crippen molar-refractivity contribution in [1.82, 2.24) is 4.90 Å². The van der Waals surface area contributed by atoms with Crippen LogP contribution in [-0.2, 0) is 19.7 Å². The lowest BCUT2D eigenvalue weighted by Crippen LogP contribution is -2.68. The van der Waals surface area contributed by atoms with Gasteiger partial charge in [0.2, 0.25) is 5.91 Å². The molecule has 0 bridgehead atoms. The van der Waals surface area contributed by atoms with Gasteiger partial charge in [-0.05, 0) is 32.9 Å².